The van der Waals surface area contributed by atoms with Crippen LogP contribution in [0.1, 0.15) is 32.1 Å². The Morgan fingerprint density at radius 2 is 1.70 bits per heavy atom. The van der Waals surface area contributed by atoms with Crippen LogP contribution in [0.5, 0.6) is 0 Å². The van der Waals surface area contributed by atoms with Gasteiger partial charge in [0.2, 0.25) is 0 Å². The Hall–Kier alpha value is -1.99. The number of rotatable bonds is 6. The van der Waals surface area contributed by atoms with Crippen molar-refractivity contribution in [2.75, 3.05) is 13.1 Å². The monoisotopic (exact) mass is 286 g/mol. The summed E-state index contributed by atoms with van der Waals surface area (Å²) in [5, 5.41) is 16.5. The summed E-state index contributed by atoms with van der Waals surface area (Å²) in [6, 6.07) is -2.08. The van der Waals surface area contributed by atoms with Gasteiger partial charge in [-0.3, -0.25) is 0 Å². The molecule has 0 heterocycles. The van der Waals surface area contributed by atoms with E-state index in [9.17, 15) is 19.5 Å². The van der Waals surface area contributed by atoms with Crippen molar-refractivity contribution < 1.29 is 19.5 Å². The number of urea groups is 2. The van der Waals surface area contributed by atoms with Gasteiger partial charge in [0.05, 0.1) is 0 Å². The van der Waals surface area contributed by atoms with E-state index in [0.29, 0.717) is 0 Å². The van der Waals surface area contributed by atoms with Gasteiger partial charge in [0.15, 0.2) is 0 Å². The summed E-state index contributed by atoms with van der Waals surface area (Å²) in [6.07, 6.45) is 4.76. The second kappa shape index (κ2) is 8.23. The number of nitrogens with one attached hydrogen (secondary N) is 3. The molecule has 0 aromatic rings. The van der Waals surface area contributed by atoms with Gasteiger partial charge in [-0.2, -0.15) is 0 Å². The molecule has 4 amide bonds. The second-order valence-electron chi connectivity index (χ2n) is 4.91. The average Bonchev–Trinajstić information content (AvgIpc) is 2.41. The first-order valence-corrected chi connectivity index (χ1v) is 6.81. The number of nitrogens with two attached hydrogens (primary N) is 1. The van der Waals surface area contributed by atoms with Crippen LogP contribution in [0.2, 0.25) is 0 Å². The fourth-order valence-corrected chi connectivity index (χ4v) is 2.40. The van der Waals surface area contributed by atoms with Crippen molar-refractivity contribution in [3.05, 3.63) is 0 Å². The molecule has 0 aromatic carbocycles. The van der Waals surface area contributed by atoms with E-state index in [0.717, 1.165) is 32.1 Å². The first-order valence-electron chi connectivity index (χ1n) is 6.81. The lowest BCUT2D eigenvalue weighted by Crippen LogP contribution is -2.51. The Bertz CT molecular complexity index is 355. The Kier molecular flexibility index (Phi) is 6.61. The molecule has 1 fully saturated rings. The molecule has 1 aliphatic carbocycles. The maximum Gasteiger partial charge on any atom is 0.326 e. The molecule has 1 saturated carbocycles. The standard InChI is InChI=1S/C12H22N4O4/c13-11(19)14-6-7-15-12(20)16-9(10(17)18)8-4-2-1-3-5-8/h8-9H,1-7H2,(H,17,18)(H3,13,14,19)(H2,15,16,20). The molecule has 0 bridgehead atoms. The minimum Gasteiger partial charge on any atom is -0.480 e. The molecule has 1 rings (SSSR count). The van der Waals surface area contributed by atoms with Gasteiger partial charge in [-0.1, -0.05) is 19.3 Å². The number of amides is 4. The highest BCUT2D eigenvalue weighted by molar-refractivity contribution is 5.82. The Morgan fingerprint density at radius 1 is 1.10 bits per heavy atom. The Morgan fingerprint density at radius 3 is 2.25 bits per heavy atom. The van der Waals surface area contributed by atoms with E-state index < -0.39 is 24.1 Å². The third kappa shape index (κ3) is 5.77. The average molecular weight is 286 g/mol. The van der Waals surface area contributed by atoms with Crippen LogP contribution < -0.4 is 21.7 Å². The van der Waals surface area contributed by atoms with Gasteiger partial charge in [-0.15, -0.1) is 0 Å². The molecular weight excluding hydrogens is 264 g/mol. The maximum absolute atomic E-state index is 11.6. The van der Waals surface area contributed by atoms with Crippen LogP contribution in [0.4, 0.5) is 9.59 Å². The first-order chi connectivity index (χ1) is 9.50. The molecule has 1 unspecified atom stereocenters. The molecule has 0 aromatic heterocycles. The third-order valence-electron chi connectivity index (χ3n) is 3.38. The van der Waals surface area contributed by atoms with E-state index in [1.807, 2.05) is 0 Å². The highest BCUT2D eigenvalue weighted by Crippen LogP contribution is 2.26. The van der Waals surface area contributed by atoms with E-state index in [1.54, 1.807) is 0 Å². The molecular formula is C12H22N4O4. The zero-order valence-electron chi connectivity index (χ0n) is 11.4. The number of carbonyl (C=O) groups is 3. The van der Waals surface area contributed by atoms with Gasteiger partial charge >= 0.3 is 18.0 Å². The zero-order valence-corrected chi connectivity index (χ0v) is 11.4. The van der Waals surface area contributed by atoms with Gasteiger partial charge in [0.25, 0.3) is 0 Å². The number of carboxylic acids is 1. The minimum absolute atomic E-state index is 0.0178. The van der Waals surface area contributed by atoms with Gasteiger partial charge in [-0.25, -0.2) is 14.4 Å². The third-order valence-corrected chi connectivity index (χ3v) is 3.38. The largest absolute Gasteiger partial charge is 0.480 e. The van der Waals surface area contributed by atoms with Crippen molar-refractivity contribution in [2.45, 2.75) is 38.1 Å². The van der Waals surface area contributed by atoms with Crippen LogP contribution in [0.15, 0.2) is 0 Å². The molecule has 6 N–H and O–H groups in total. The molecule has 0 aliphatic heterocycles. The molecule has 0 saturated heterocycles. The molecule has 8 heteroatoms. The second-order valence-corrected chi connectivity index (χ2v) is 4.91. The molecule has 114 valence electrons. The van der Waals surface area contributed by atoms with Crippen LogP contribution in [0.3, 0.4) is 0 Å². The van der Waals surface area contributed by atoms with Crippen molar-refractivity contribution in [1.29, 1.82) is 0 Å². The molecule has 1 atom stereocenters. The number of aliphatic carboxylic acids is 1. The fourth-order valence-electron chi connectivity index (χ4n) is 2.40. The Labute approximate surface area is 117 Å². The highest BCUT2D eigenvalue weighted by Gasteiger charge is 2.30. The van der Waals surface area contributed by atoms with E-state index in [1.165, 1.54) is 0 Å². The van der Waals surface area contributed by atoms with E-state index in [2.05, 4.69) is 16.0 Å². The predicted molar refractivity (Wildman–Crippen MR) is 72.1 cm³/mol. The van der Waals surface area contributed by atoms with Crippen molar-refractivity contribution in [3.63, 3.8) is 0 Å². The summed E-state index contributed by atoms with van der Waals surface area (Å²) in [4.78, 5) is 33.3. The summed E-state index contributed by atoms with van der Waals surface area (Å²) in [7, 11) is 0. The van der Waals surface area contributed by atoms with E-state index in [4.69, 9.17) is 5.73 Å². The smallest absolute Gasteiger partial charge is 0.326 e. The molecule has 8 nitrogen and oxygen atoms in total. The summed E-state index contributed by atoms with van der Waals surface area (Å²) in [5.74, 6) is -1.03. The van der Waals surface area contributed by atoms with Crippen molar-refractivity contribution in [3.8, 4) is 0 Å². The summed E-state index contributed by atoms with van der Waals surface area (Å²) in [5.41, 5.74) is 4.87. The van der Waals surface area contributed by atoms with Crippen molar-refractivity contribution in [1.82, 2.24) is 16.0 Å². The summed E-state index contributed by atoms with van der Waals surface area (Å²) >= 11 is 0. The van der Waals surface area contributed by atoms with Crippen molar-refractivity contribution >= 4 is 18.0 Å². The lowest BCUT2D eigenvalue weighted by atomic mass is 9.84. The quantitative estimate of drug-likeness (QED) is 0.439. The van der Waals surface area contributed by atoms with Crippen LogP contribution in [-0.2, 0) is 4.79 Å². The topological polar surface area (TPSA) is 134 Å². The molecule has 0 spiro atoms. The number of hydrogen-bond donors (Lipinski definition) is 5. The van der Waals surface area contributed by atoms with Gasteiger partial charge in [-0.05, 0) is 18.8 Å². The molecule has 1 aliphatic rings. The molecule has 20 heavy (non-hydrogen) atoms. The van der Waals surface area contributed by atoms with Crippen LogP contribution in [0.25, 0.3) is 0 Å². The maximum atomic E-state index is 11.6. The van der Waals surface area contributed by atoms with Crippen molar-refractivity contribution in [2.24, 2.45) is 11.7 Å². The van der Waals surface area contributed by atoms with E-state index in [-0.39, 0.29) is 19.0 Å². The number of hydrogen-bond acceptors (Lipinski definition) is 3. The van der Waals surface area contributed by atoms with Crippen LogP contribution >= 0.6 is 0 Å². The zero-order chi connectivity index (χ0) is 15.0. The minimum atomic E-state index is -1.01. The van der Waals surface area contributed by atoms with Gasteiger partial charge in [0.1, 0.15) is 6.04 Å². The molecule has 0 radical (unpaired) electrons. The number of primary amides is 1. The lowest BCUT2D eigenvalue weighted by Gasteiger charge is -2.28. The number of carbonyl (C=O) groups excluding carboxylic acids is 2. The normalized spacial score (nSPS) is 17.0. The number of carboxylic acid groups (broad SMARTS) is 1. The van der Waals surface area contributed by atoms with Gasteiger partial charge in [0, 0.05) is 13.1 Å². The Balaban J connectivity index is 2.35. The van der Waals surface area contributed by atoms with Crippen LogP contribution in [-0.4, -0.2) is 42.3 Å². The first kappa shape index (κ1) is 16.1. The fraction of sp³-hybridized carbons (Fsp3) is 0.750. The SMILES string of the molecule is NC(=O)NCCNC(=O)NC(C(=O)O)C1CCCCC1. The summed E-state index contributed by atoms with van der Waals surface area (Å²) < 4.78 is 0. The highest BCUT2D eigenvalue weighted by atomic mass is 16.4. The van der Waals surface area contributed by atoms with Crippen LogP contribution in [0, 0.1) is 5.92 Å². The van der Waals surface area contributed by atoms with Gasteiger partial charge < -0.3 is 26.8 Å². The summed E-state index contributed by atoms with van der Waals surface area (Å²) in [6.45, 7) is 0.385. The van der Waals surface area contributed by atoms with E-state index >= 15 is 0 Å². The predicted octanol–water partition coefficient (Wildman–Crippen LogP) is -0.0126. The lowest BCUT2D eigenvalue weighted by molar-refractivity contribution is -0.141.